The fourth-order valence-electron chi connectivity index (χ4n) is 3.29. The van der Waals surface area contributed by atoms with E-state index in [4.69, 9.17) is 9.47 Å². The minimum Gasteiger partial charge on any atom is -0.454 e. The smallest absolute Gasteiger partial charge is 0.325 e. The Balaban J connectivity index is 1.40. The van der Waals surface area contributed by atoms with Crippen molar-refractivity contribution in [2.45, 2.75) is 19.0 Å². The van der Waals surface area contributed by atoms with Crippen molar-refractivity contribution in [1.29, 1.82) is 0 Å². The van der Waals surface area contributed by atoms with Gasteiger partial charge in [-0.3, -0.25) is 14.5 Å². The second-order valence-corrected chi connectivity index (χ2v) is 7.84. The van der Waals surface area contributed by atoms with Crippen LogP contribution in [0.4, 0.5) is 4.79 Å². The molecule has 1 fully saturated rings. The van der Waals surface area contributed by atoms with Gasteiger partial charge in [0.1, 0.15) is 12.1 Å². The summed E-state index contributed by atoms with van der Waals surface area (Å²) in [6.45, 7) is 1.68. The highest BCUT2D eigenvalue weighted by molar-refractivity contribution is 9.10. The topological polar surface area (TPSA) is 97.0 Å². The number of ether oxygens (including phenoxy) is 2. The third-order valence-corrected chi connectivity index (χ3v) is 5.40. The van der Waals surface area contributed by atoms with E-state index in [9.17, 15) is 14.4 Å². The molecule has 2 aromatic carbocycles. The quantitative estimate of drug-likeness (QED) is 0.668. The molecule has 0 bridgehead atoms. The number of fused-ring (bicyclic) bond motifs is 1. The van der Waals surface area contributed by atoms with Crippen molar-refractivity contribution in [3.63, 3.8) is 0 Å². The third-order valence-electron chi connectivity index (χ3n) is 4.91. The number of nitrogens with zero attached hydrogens (tertiary/aromatic N) is 1. The molecule has 2 heterocycles. The molecule has 1 unspecified atom stereocenters. The summed E-state index contributed by atoms with van der Waals surface area (Å²) in [5.41, 5.74) is 0.227. The van der Waals surface area contributed by atoms with E-state index in [1.165, 1.54) is 0 Å². The molecule has 9 heteroatoms. The van der Waals surface area contributed by atoms with Gasteiger partial charge < -0.3 is 20.1 Å². The van der Waals surface area contributed by atoms with Crippen molar-refractivity contribution < 1.29 is 23.9 Å². The van der Waals surface area contributed by atoms with Crippen LogP contribution in [0.2, 0.25) is 0 Å². The van der Waals surface area contributed by atoms with E-state index in [1.54, 1.807) is 37.3 Å². The van der Waals surface area contributed by atoms with Gasteiger partial charge in [0.05, 0.1) is 0 Å². The summed E-state index contributed by atoms with van der Waals surface area (Å²) in [5, 5.41) is 5.40. The minimum absolute atomic E-state index is 0.175. The van der Waals surface area contributed by atoms with Gasteiger partial charge in [-0.15, -0.1) is 0 Å². The Labute approximate surface area is 175 Å². The van der Waals surface area contributed by atoms with Gasteiger partial charge >= 0.3 is 6.03 Å². The number of imide groups is 1. The number of carbonyl (C=O) groups is 3. The zero-order valence-electron chi connectivity index (χ0n) is 15.5. The Kier molecular flexibility index (Phi) is 4.91. The maximum Gasteiger partial charge on any atom is 0.325 e. The molecule has 1 saturated heterocycles. The average molecular weight is 460 g/mol. The van der Waals surface area contributed by atoms with Gasteiger partial charge in [0.25, 0.3) is 5.91 Å². The number of benzene rings is 2. The molecule has 29 heavy (non-hydrogen) atoms. The van der Waals surface area contributed by atoms with Crippen molar-refractivity contribution in [2.75, 3.05) is 13.3 Å². The summed E-state index contributed by atoms with van der Waals surface area (Å²) < 4.78 is 11.4. The lowest BCUT2D eigenvalue weighted by Crippen LogP contribution is -2.43. The summed E-state index contributed by atoms with van der Waals surface area (Å²) in [5.74, 6) is 0.366. The third kappa shape index (κ3) is 3.65. The molecule has 150 valence electrons. The van der Waals surface area contributed by atoms with Crippen LogP contribution in [-0.4, -0.2) is 36.1 Å². The number of amides is 4. The first-order valence-corrected chi connectivity index (χ1v) is 9.71. The maximum absolute atomic E-state index is 12.9. The van der Waals surface area contributed by atoms with E-state index in [2.05, 4.69) is 26.6 Å². The van der Waals surface area contributed by atoms with E-state index in [-0.39, 0.29) is 19.9 Å². The number of carbonyl (C=O) groups excluding carboxylic acids is 3. The number of rotatable bonds is 5. The van der Waals surface area contributed by atoms with E-state index < -0.39 is 23.4 Å². The highest BCUT2D eigenvalue weighted by Crippen LogP contribution is 2.32. The zero-order valence-corrected chi connectivity index (χ0v) is 17.1. The SMILES string of the molecule is CC1(c2cccc(Br)c2)NC(=O)N(CC(=O)NCc2ccc3c(c2)OCO3)C1=O. The largest absolute Gasteiger partial charge is 0.454 e. The fourth-order valence-corrected chi connectivity index (χ4v) is 3.69. The highest BCUT2D eigenvalue weighted by atomic mass is 79.9. The van der Waals surface area contributed by atoms with Crippen molar-refractivity contribution >= 4 is 33.8 Å². The average Bonchev–Trinajstić information content (AvgIpc) is 3.25. The van der Waals surface area contributed by atoms with Gasteiger partial charge in [0.15, 0.2) is 11.5 Å². The van der Waals surface area contributed by atoms with Gasteiger partial charge in [-0.2, -0.15) is 0 Å². The van der Waals surface area contributed by atoms with Crippen molar-refractivity contribution in [1.82, 2.24) is 15.5 Å². The molecule has 2 aromatic rings. The molecule has 0 saturated carbocycles. The Morgan fingerprint density at radius 3 is 2.79 bits per heavy atom. The molecule has 0 spiro atoms. The van der Waals surface area contributed by atoms with Crippen molar-refractivity contribution in [3.05, 3.63) is 58.1 Å². The number of halogens is 1. The molecule has 4 amide bonds. The molecular formula is C20H18BrN3O5. The van der Waals surface area contributed by atoms with E-state index >= 15 is 0 Å². The second-order valence-electron chi connectivity index (χ2n) is 6.92. The fraction of sp³-hybridized carbons (Fsp3) is 0.250. The second kappa shape index (κ2) is 7.40. The monoisotopic (exact) mass is 459 g/mol. The molecule has 2 N–H and O–H groups in total. The van der Waals surface area contributed by atoms with Crippen LogP contribution in [0.5, 0.6) is 11.5 Å². The normalized spacial score (nSPS) is 20.0. The predicted octanol–water partition coefficient (Wildman–Crippen LogP) is 2.26. The van der Waals surface area contributed by atoms with Gasteiger partial charge in [0, 0.05) is 11.0 Å². The standard InChI is InChI=1S/C20H18BrN3O5/c1-20(13-3-2-4-14(21)8-13)18(26)24(19(27)23-20)10-17(25)22-9-12-5-6-15-16(7-12)29-11-28-15/h2-8H,9-11H2,1H3,(H,22,25)(H,23,27). The molecule has 8 nitrogen and oxygen atoms in total. The summed E-state index contributed by atoms with van der Waals surface area (Å²) in [4.78, 5) is 38.5. The lowest BCUT2D eigenvalue weighted by atomic mass is 9.92. The molecule has 0 radical (unpaired) electrons. The Hall–Kier alpha value is -3.07. The first-order chi connectivity index (χ1) is 13.9. The van der Waals surface area contributed by atoms with Gasteiger partial charge in [-0.1, -0.05) is 34.1 Å². The Bertz CT molecular complexity index is 1010. The molecule has 4 rings (SSSR count). The number of nitrogens with one attached hydrogen (secondary N) is 2. The Morgan fingerprint density at radius 1 is 1.21 bits per heavy atom. The summed E-state index contributed by atoms with van der Waals surface area (Å²) in [6.07, 6.45) is 0. The Morgan fingerprint density at radius 2 is 2.00 bits per heavy atom. The van der Waals surface area contributed by atoms with Gasteiger partial charge in [-0.05, 0) is 42.3 Å². The molecule has 0 aliphatic carbocycles. The van der Waals surface area contributed by atoms with Crippen LogP contribution in [0, 0.1) is 0 Å². The summed E-state index contributed by atoms with van der Waals surface area (Å²) in [6, 6.07) is 11.9. The lowest BCUT2D eigenvalue weighted by Gasteiger charge is -2.22. The van der Waals surface area contributed by atoms with E-state index in [1.807, 2.05) is 12.1 Å². The maximum atomic E-state index is 12.9. The number of hydrogen-bond donors (Lipinski definition) is 2. The van der Waals surface area contributed by atoms with E-state index in [0.29, 0.717) is 17.1 Å². The number of urea groups is 1. The summed E-state index contributed by atoms with van der Waals surface area (Å²) in [7, 11) is 0. The predicted molar refractivity (Wildman–Crippen MR) is 106 cm³/mol. The molecular weight excluding hydrogens is 442 g/mol. The first-order valence-electron chi connectivity index (χ1n) is 8.92. The van der Waals surface area contributed by atoms with Gasteiger partial charge in [0.2, 0.25) is 12.7 Å². The van der Waals surface area contributed by atoms with Crippen molar-refractivity contribution in [2.24, 2.45) is 0 Å². The highest BCUT2D eigenvalue weighted by Gasteiger charge is 2.49. The molecule has 1 atom stereocenters. The molecule has 0 aromatic heterocycles. The number of hydrogen-bond acceptors (Lipinski definition) is 5. The van der Waals surface area contributed by atoms with E-state index in [0.717, 1.165) is 14.9 Å². The minimum atomic E-state index is -1.22. The zero-order chi connectivity index (χ0) is 20.6. The lowest BCUT2D eigenvalue weighted by molar-refractivity contribution is -0.134. The summed E-state index contributed by atoms with van der Waals surface area (Å²) >= 11 is 3.37. The van der Waals surface area contributed by atoms with Gasteiger partial charge in [-0.25, -0.2) is 4.79 Å². The first kappa shape index (κ1) is 19.3. The molecule has 2 aliphatic rings. The van der Waals surface area contributed by atoms with Crippen LogP contribution in [0.25, 0.3) is 0 Å². The van der Waals surface area contributed by atoms with Crippen molar-refractivity contribution in [3.8, 4) is 11.5 Å². The molecule has 2 aliphatic heterocycles. The van der Waals surface area contributed by atoms with Crippen LogP contribution in [0.3, 0.4) is 0 Å². The van der Waals surface area contributed by atoms with Crippen LogP contribution in [0.1, 0.15) is 18.1 Å². The van der Waals surface area contributed by atoms with Crippen LogP contribution < -0.4 is 20.1 Å². The van der Waals surface area contributed by atoms with Crippen LogP contribution in [0.15, 0.2) is 46.9 Å². The van der Waals surface area contributed by atoms with Crippen LogP contribution in [-0.2, 0) is 21.7 Å². The van der Waals surface area contributed by atoms with Crippen LogP contribution >= 0.6 is 15.9 Å².